The van der Waals surface area contributed by atoms with Crippen LogP contribution in [-0.2, 0) is 4.74 Å². The van der Waals surface area contributed by atoms with Crippen molar-refractivity contribution in [1.82, 2.24) is 9.97 Å². The fourth-order valence-corrected chi connectivity index (χ4v) is 4.63. The van der Waals surface area contributed by atoms with Gasteiger partial charge in [0.2, 0.25) is 0 Å². The smallest absolute Gasteiger partial charge is 0.134 e. The number of aromatic nitrogens is 2. The van der Waals surface area contributed by atoms with Gasteiger partial charge >= 0.3 is 0 Å². The van der Waals surface area contributed by atoms with E-state index in [2.05, 4.69) is 19.8 Å². The van der Waals surface area contributed by atoms with Gasteiger partial charge in [0, 0.05) is 38.9 Å². The van der Waals surface area contributed by atoms with Crippen LogP contribution < -0.4 is 15.5 Å². The Hall–Kier alpha value is -2.41. The molecule has 158 valence electrons. The molecule has 2 aliphatic heterocycles. The zero-order chi connectivity index (χ0) is 20.1. The molecule has 1 aromatic heterocycles. The van der Waals surface area contributed by atoms with Crippen molar-refractivity contribution in [2.24, 2.45) is 5.92 Å². The van der Waals surface area contributed by atoms with Gasteiger partial charge in [-0.2, -0.15) is 0 Å². The summed E-state index contributed by atoms with van der Waals surface area (Å²) in [7, 11) is 0. The van der Waals surface area contributed by atoms with Gasteiger partial charge in [0.1, 0.15) is 23.8 Å². The van der Waals surface area contributed by atoms with Crippen LogP contribution >= 0.6 is 0 Å². The molecule has 2 aromatic rings. The standard InChI is InChI=1S/C14H18FN.C8H12N4O.H2/c15-12-4-2-6-14(10-12)16-8-7-11-3-1-5-13(16)9-11;9-7-5-8(11-6-10-7)12-1-3-13-4-2-12;/h2,4,6,10-11,13H,1,3,5,7-9H2;5-6H,1-4H2,(H2,9,10,11);1H/t11?,13-;;/m1../s1. The normalized spacial score (nSPS) is 23.9. The van der Waals surface area contributed by atoms with Crippen LogP contribution in [0.5, 0.6) is 0 Å². The summed E-state index contributed by atoms with van der Waals surface area (Å²) in [5.74, 6) is 2.21. The molecule has 29 heavy (non-hydrogen) atoms. The molecule has 2 atom stereocenters. The van der Waals surface area contributed by atoms with Crippen LogP contribution in [-0.4, -0.2) is 48.9 Å². The molecule has 3 aliphatic rings. The van der Waals surface area contributed by atoms with Gasteiger partial charge in [-0.1, -0.05) is 18.9 Å². The number of anilines is 3. The van der Waals surface area contributed by atoms with E-state index in [1.54, 1.807) is 12.1 Å². The van der Waals surface area contributed by atoms with E-state index in [9.17, 15) is 4.39 Å². The Morgan fingerprint density at radius 2 is 1.93 bits per heavy atom. The minimum atomic E-state index is -0.115. The first-order valence-electron chi connectivity index (χ1n) is 10.6. The average Bonchev–Trinajstić information content (AvgIpc) is 2.75. The third kappa shape index (κ3) is 5.15. The number of hydrogen-bond acceptors (Lipinski definition) is 6. The highest BCUT2D eigenvalue weighted by molar-refractivity contribution is 5.48. The van der Waals surface area contributed by atoms with Crippen LogP contribution in [0.25, 0.3) is 0 Å². The van der Waals surface area contributed by atoms with Crippen molar-refractivity contribution >= 4 is 17.3 Å². The van der Waals surface area contributed by atoms with Crippen molar-refractivity contribution in [2.75, 3.05) is 48.4 Å². The Morgan fingerprint density at radius 1 is 1.07 bits per heavy atom. The summed E-state index contributed by atoms with van der Waals surface area (Å²) in [5, 5.41) is 0. The number of hydrogen-bond donors (Lipinski definition) is 1. The molecule has 0 amide bonds. The van der Waals surface area contributed by atoms with Gasteiger partial charge in [0.25, 0.3) is 0 Å². The zero-order valence-corrected chi connectivity index (χ0v) is 16.8. The van der Waals surface area contributed by atoms with E-state index in [1.807, 2.05) is 12.1 Å². The average molecular weight is 402 g/mol. The van der Waals surface area contributed by atoms with E-state index < -0.39 is 0 Å². The van der Waals surface area contributed by atoms with Crippen LogP contribution in [0.4, 0.5) is 21.7 Å². The first-order chi connectivity index (χ1) is 14.2. The molecule has 0 radical (unpaired) electrons. The number of nitrogen functional groups attached to an aromatic ring is 1. The maximum absolute atomic E-state index is 13.2. The Kier molecular flexibility index (Phi) is 6.44. The Balaban J connectivity index is 0.000000169. The molecule has 1 unspecified atom stereocenters. The van der Waals surface area contributed by atoms with Crippen LogP contribution in [0.15, 0.2) is 36.7 Å². The summed E-state index contributed by atoms with van der Waals surface area (Å²) < 4.78 is 18.5. The van der Waals surface area contributed by atoms with Crippen LogP contribution in [0.2, 0.25) is 0 Å². The van der Waals surface area contributed by atoms with Crippen molar-refractivity contribution in [3.8, 4) is 0 Å². The SMILES string of the molecule is Fc1cccc(N2CCC3CCC[C@@H]2C3)c1.Nc1cc(N2CCOCC2)ncn1.[HH]. The molecule has 1 aromatic carbocycles. The van der Waals surface area contributed by atoms with Crippen molar-refractivity contribution in [3.63, 3.8) is 0 Å². The molecule has 3 heterocycles. The molecule has 7 heteroatoms. The number of nitrogens with zero attached hydrogens (tertiary/aromatic N) is 4. The zero-order valence-electron chi connectivity index (χ0n) is 16.8. The van der Waals surface area contributed by atoms with Crippen LogP contribution in [0.3, 0.4) is 0 Å². The lowest BCUT2D eigenvalue weighted by molar-refractivity contribution is 0.122. The molecule has 2 N–H and O–H groups in total. The van der Waals surface area contributed by atoms with Crippen LogP contribution in [0.1, 0.15) is 33.5 Å². The summed E-state index contributed by atoms with van der Waals surface area (Å²) in [6.45, 7) is 4.36. The fourth-order valence-electron chi connectivity index (χ4n) is 4.63. The molecule has 0 spiro atoms. The fraction of sp³-hybridized carbons (Fsp3) is 0.545. The van der Waals surface area contributed by atoms with E-state index in [4.69, 9.17) is 10.5 Å². The number of rotatable bonds is 2. The quantitative estimate of drug-likeness (QED) is 0.827. The van der Waals surface area contributed by atoms with Gasteiger partial charge in [-0.15, -0.1) is 0 Å². The lowest BCUT2D eigenvalue weighted by atomic mass is 9.79. The highest BCUT2D eigenvalue weighted by Gasteiger charge is 2.31. The largest absolute Gasteiger partial charge is 0.384 e. The number of ether oxygens (including phenoxy) is 1. The van der Waals surface area contributed by atoms with Gasteiger partial charge < -0.3 is 20.3 Å². The van der Waals surface area contributed by atoms with E-state index in [0.29, 0.717) is 11.9 Å². The Labute approximate surface area is 173 Å². The molecule has 1 saturated carbocycles. The van der Waals surface area contributed by atoms with E-state index in [0.717, 1.165) is 50.3 Å². The van der Waals surface area contributed by atoms with Crippen molar-refractivity contribution in [2.45, 2.75) is 38.1 Å². The second-order valence-electron chi connectivity index (χ2n) is 8.05. The lowest BCUT2D eigenvalue weighted by Crippen LogP contribution is -2.44. The summed E-state index contributed by atoms with van der Waals surface area (Å²) in [5.41, 5.74) is 6.63. The minimum Gasteiger partial charge on any atom is -0.384 e. The predicted octanol–water partition coefficient (Wildman–Crippen LogP) is 3.74. The highest BCUT2D eigenvalue weighted by atomic mass is 19.1. The summed E-state index contributed by atoms with van der Waals surface area (Å²) >= 11 is 0. The first-order valence-corrected chi connectivity index (χ1v) is 10.6. The van der Waals surface area contributed by atoms with Crippen molar-refractivity contribution in [3.05, 3.63) is 42.5 Å². The minimum absolute atomic E-state index is 0. The van der Waals surface area contributed by atoms with Crippen molar-refractivity contribution < 1.29 is 10.6 Å². The third-order valence-corrected chi connectivity index (χ3v) is 6.12. The second-order valence-corrected chi connectivity index (χ2v) is 8.05. The lowest BCUT2D eigenvalue weighted by Gasteiger charge is -2.44. The summed E-state index contributed by atoms with van der Waals surface area (Å²) in [6, 6.07) is 9.50. The molecular formula is C22H32FN5O. The number of nitrogens with two attached hydrogens (primary N) is 1. The number of morpholine rings is 1. The van der Waals surface area contributed by atoms with E-state index >= 15 is 0 Å². The molecule has 2 saturated heterocycles. The Morgan fingerprint density at radius 3 is 2.72 bits per heavy atom. The predicted molar refractivity (Wildman–Crippen MR) is 116 cm³/mol. The van der Waals surface area contributed by atoms with Gasteiger partial charge in [0.15, 0.2) is 0 Å². The van der Waals surface area contributed by atoms with Crippen LogP contribution in [0, 0.1) is 11.7 Å². The number of piperidine rings is 1. The molecule has 2 bridgehead atoms. The maximum atomic E-state index is 13.2. The highest BCUT2D eigenvalue weighted by Crippen LogP contribution is 2.37. The van der Waals surface area contributed by atoms with Crippen molar-refractivity contribution in [1.29, 1.82) is 0 Å². The topological polar surface area (TPSA) is 67.5 Å². The molecular weight excluding hydrogens is 369 g/mol. The molecule has 3 fully saturated rings. The van der Waals surface area contributed by atoms with Gasteiger partial charge in [-0.25, -0.2) is 14.4 Å². The van der Waals surface area contributed by atoms with Gasteiger partial charge in [-0.3, -0.25) is 0 Å². The monoisotopic (exact) mass is 401 g/mol. The van der Waals surface area contributed by atoms with E-state index in [-0.39, 0.29) is 7.24 Å². The first kappa shape index (κ1) is 19.9. The van der Waals surface area contributed by atoms with E-state index in [1.165, 1.54) is 44.5 Å². The molecule has 1 aliphatic carbocycles. The molecule has 5 rings (SSSR count). The maximum Gasteiger partial charge on any atom is 0.134 e. The van der Waals surface area contributed by atoms with Gasteiger partial charge in [0.05, 0.1) is 13.2 Å². The van der Waals surface area contributed by atoms with Gasteiger partial charge in [-0.05, 0) is 43.4 Å². The number of benzene rings is 1. The Bertz CT molecular complexity index is 805. The second kappa shape index (κ2) is 9.39. The number of fused-ring (bicyclic) bond motifs is 2. The third-order valence-electron chi connectivity index (χ3n) is 6.12. The molecule has 6 nitrogen and oxygen atoms in total. The summed E-state index contributed by atoms with van der Waals surface area (Å²) in [6.07, 6.45) is 8.13. The summed E-state index contributed by atoms with van der Waals surface area (Å²) in [4.78, 5) is 12.5. The number of halogens is 1.